The van der Waals surface area contributed by atoms with E-state index in [0.717, 1.165) is 4.90 Å². The second-order valence-electron chi connectivity index (χ2n) is 3.12. The second kappa shape index (κ2) is 5.07. The van der Waals surface area contributed by atoms with Gasteiger partial charge in [-0.15, -0.1) is 0 Å². The van der Waals surface area contributed by atoms with E-state index < -0.39 is 24.1 Å². The fraction of sp³-hybridized carbons (Fsp3) is 0.200. The molecular weight excluding hydrogens is 281 g/mol. The van der Waals surface area contributed by atoms with E-state index >= 15 is 0 Å². The van der Waals surface area contributed by atoms with Crippen molar-refractivity contribution in [2.75, 3.05) is 11.9 Å². The van der Waals surface area contributed by atoms with E-state index in [1.165, 1.54) is 25.2 Å². The van der Waals surface area contributed by atoms with E-state index in [9.17, 15) is 14.0 Å². The Kier molecular flexibility index (Phi) is 4.00. The number of amides is 1. The topological polar surface area (TPSA) is 57.6 Å². The Morgan fingerprint density at radius 3 is 2.69 bits per heavy atom. The Morgan fingerprint density at radius 1 is 1.50 bits per heavy atom. The van der Waals surface area contributed by atoms with Crippen LogP contribution in [-0.2, 0) is 9.59 Å². The van der Waals surface area contributed by atoms with Gasteiger partial charge in [0.1, 0.15) is 12.2 Å². The van der Waals surface area contributed by atoms with Crippen molar-refractivity contribution in [1.82, 2.24) is 0 Å². The summed E-state index contributed by atoms with van der Waals surface area (Å²) in [5.74, 6) is -2.50. The van der Waals surface area contributed by atoms with E-state index in [1.54, 1.807) is 0 Å². The van der Waals surface area contributed by atoms with Crippen LogP contribution in [0.2, 0.25) is 0 Å². The van der Waals surface area contributed by atoms with Gasteiger partial charge in [-0.1, -0.05) is 15.9 Å². The summed E-state index contributed by atoms with van der Waals surface area (Å²) in [5.41, 5.74) is 0.0422. The van der Waals surface area contributed by atoms with Gasteiger partial charge in [0.15, 0.2) is 0 Å². The van der Waals surface area contributed by atoms with Gasteiger partial charge < -0.3 is 10.0 Å². The number of carbonyl (C=O) groups excluding carboxylic acids is 1. The number of carboxylic acid groups (broad SMARTS) is 1. The summed E-state index contributed by atoms with van der Waals surface area (Å²) in [6.07, 6.45) is -0.664. The molecule has 0 spiro atoms. The second-order valence-corrected chi connectivity index (χ2v) is 4.03. The van der Waals surface area contributed by atoms with E-state index in [2.05, 4.69) is 15.9 Å². The predicted molar refractivity (Wildman–Crippen MR) is 59.8 cm³/mol. The molecule has 1 aromatic rings. The third kappa shape index (κ3) is 3.03. The summed E-state index contributed by atoms with van der Waals surface area (Å²) >= 11 is 3.14. The molecule has 0 fully saturated rings. The first-order valence-electron chi connectivity index (χ1n) is 4.35. The van der Waals surface area contributed by atoms with Gasteiger partial charge in [-0.3, -0.25) is 9.59 Å². The summed E-state index contributed by atoms with van der Waals surface area (Å²) in [7, 11) is 1.33. The van der Waals surface area contributed by atoms with Gasteiger partial charge in [0.2, 0.25) is 5.91 Å². The Balaban J connectivity index is 2.95. The fourth-order valence-corrected chi connectivity index (χ4v) is 1.47. The highest BCUT2D eigenvalue weighted by Crippen LogP contribution is 2.23. The van der Waals surface area contributed by atoms with Gasteiger partial charge in [0.05, 0.1) is 5.69 Å². The number of carboxylic acids is 1. The number of aliphatic carboxylic acids is 1. The first-order valence-corrected chi connectivity index (χ1v) is 5.14. The van der Waals surface area contributed by atoms with Crippen molar-refractivity contribution in [3.8, 4) is 0 Å². The third-order valence-electron chi connectivity index (χ3n) is 1.95. The molecule has 0 aromatic heterocycles. The molecule has 0 atom stereocenters. The zero-order valence-electron chi connectivity index (χ0n) is 8.41. The van der Waals surface area contributed by atoms with Crippen molar-refractivity contribution in [2.45, 2.75) is 6.42 Å². The maximum absolute atomic E-state index is 13.4. The summed E-state index contributed by atoms with van der Waals surface area (Å²) in [6.45, 7) is 0. The highest BCUT2D eigenvalue weighted by Gasteiger charge is 2.17. The largest absolute Gasteiger partial charge is 0.481 e. The molecule has 16 heavy (non-hydrogen) atoms. The molecule has 6 heteroatoms. The van der Waals surface area contributed by atoms with Crippen LogP contribution in [0.15, 0.2) is 22.7 Å². The van der Waals surface area contributed by atoms with Gasteiger partial charge in [-0.25, -0.2) is 4.39 Å². The van der Waals surface area contributed by atoms with Crippen LogP contribution in [-0.4, -0.2) is 24.0 Å². The molecule has 0 heterocycles. The molecular formula is C10H9BrFNO3. The van der Waals surface area contributed by atoms with E-state index in [0.29, 0.717) is 4.47 Å². The quantitative estimate of drug-likeness (QED) is 0.866. The minimum atomic E-state index is -1.24. The molecule has 4 nitrogen and oxygen atoms in total. The van der Waals surface area contributed by atoms with Gasteiger partial charge in [0, 0.05) is 11.5 Å². The normalized spacial score (nSPS) is 9.94. The lowest BCUT2D eigenvalue weighted by Crippen LogP contribution is -2.28. The zero-order chi connectivity index (χ0) is 12.3. The number of hydrogen-bond acceptors (Lipinski definition) is 2. The molecule has 0 saturated heterocycles. The van der Waals surface area contributed by atoms with Crippen LogP contribution < -0.4 is 4.90 Å². The molecule has 86 valence electrons. The first-order chi connectivity index (χ1) is 7.41. The Hall–Kier alpha value is -1.43. The average Bonchev–Trinajstić information content (AvgIpc) is 2.19. The number of carbonyl (C=O) groups is 2. The van der Waals surface area contributed by atoms with E-state index in [4.69, 9.17) is 5.11 Å². The molecule has 1 rings (SSSR count). The summed E-state index contributed by atoms with van der Waals surface area (Å²) in [6, 6.07) is 4.10. The van der Waals surface area contributed by atoms with Gasteiger partial charge in [-0.05, 0) is 18.2 Å². The minimum Gasteiger partial charge on any atom is -0.481 e. The number of hydrogen-bond donors (Lipinski definition) is 1. The molecule has 0 radical (unpaired) electrons. The fourth-order valence-electron chi connectivity index (χ4n) is 1.13. The maximum Gasteiger partial charge on any atom is 0.312 e. The molecule has 0 aliphatic carbocycles. The highest BCUT2D eigenvalue weighted by molar-refractivity contribution is 9.10. The van der Waals surface area contributed by atoms with Crippen LogP contribution in [0.25, 0.3) is 0 Å². The van der Waals surface area contributed by atoms with Crippen molar-refractivity contribution in [1.29, 1.82) is 0 Å². The van der Waals surface area contributed by atoms with Crippen LogP contribution in [0.3, 0.4) is 0 Å². The number of benzene rings is 1. The number of rotatable bonds is 3. The number of nitrogens with zero attached hydrogens (tertiary/aromatic N) is 1. The summed E-state index contributed by atoms with van der Waals surface area (Å²) in [5, 5.41) is 8.45. The minimum absolute atomic E-state index is 0.0422. The van der Waals surface area contributed by atoms with Gasteiger partial charge >= 0.3 is 5.97 Å². The van der Waals surface area contributed by atoms with Crippen molar-refractivity contribution in [2.24, 2.45) is 0 Å². The first kappa shape index (κ1) is 12.6. The molecule has 0 unspecified atom stereocenters. The standard InChI is InChI=1S/C10H9BrFNO3/c1-13(9(14)5-10(15)16)8-4-6(11)2-3-7(8)12/h2-4H,5H2,1H3,(H,15,16). The van der Waals surface area contributed by atoms with Crippen LogP contribution >= 0.6 is 15.9 Å². The Bertz CT molecular complexity index is 436. The Morgan fingerprint density at radius 2 is 2.12 bits per heavy atom. The number of anilines is 1. The average molecular weight is 290 g/mol. The molecule has 1 N–H and O–H groups in total. The van der Waals surface area contributed by atoms with Crippen LogP contribution in [0.1, 0.15) is 6.42 Å². The van der Waals surface area contributed by atoms with Gasteiger partial charge in [-0.2, -0.15) is 0 Å². The third-order valence-corrected chi connectivity index (χ3v) is 2.44. The van der Waals surface area contributed by atoms with E-state index in [-0.39, 0.29) is 5.69 Å². The van der Waals surface area contributed by atoms with Crippen molar-refractivity contribution >= 4 is 33.5 Å². The van der Waals surface area contributed by atoms with Gasteiger partial charge in [0.25, 0.3) is 0 Å². The highest BCUT2D eigenvalue weighted by atomic mass is 79.9. The predicted octanol–water partition coefficient (Wildman–Crippen LogP) is 2.03. The van der Waals surface area contributed by atoms with Crippen LogP contribution in [0.4, 0.5) is 10.1 Å². The monoisotopic (exact) mass is 289 g/mol. The van der Waals surface area contributed by atoms with Crippen molar-refractivity contribution < 1.29 is 19.1 Å². The molecule has 0 saturated carbocycles. The van der Waals surface area contributed by atoms with Crippen LogP contribution in [0, 0.1) is 5.82 Å². The zero-order valence-corrected chi connectivity index (χ0v) is 9.99. The lowest BCUT2D eigenvalue weighted by atomic mass is 10.2. The summed E-state index contributed by atoms with van der Waals surface area (Å²) in [4.78, 5) is 22.7. The number of halogens is 2. The lowest BCUT2D eigenvalue weighted by Gasteiger charge is -2.17. The van der Waals surface area contributed by atoms with Crippen molar-refractivity contribution in [3.63, 3.8) is 0 Å². The molecule has 1 amide bonds. The molecule has 1 aromatic carbocycles. The van der Waals surface area contributed by atoms with E-state index in [1.807, 2.05) is 0 Å². The Labute approximate surface area is 99.8 Å². The molecule has 0 aliphatic rings. The molecule has 0 bridgehead atoms. The lowest BCUT2D eigenvalue weighted by molar-refractivity contribution is -0.140. The summed E-state index contributed by atoms with van der Waals surface area (Å²) < 4.78 is 14.0. The molecule has 0 aliphatic heterocycles. The smallest absolute Gasteiger partial charge is 0.312 e. The SMILES string of the molecule is CN(C(=O)CC(=O)O)c1cc(Br)ccc1F. The van der Waals surface area contributed by atoms with Crippen LogP contribution in [0.5, 0.6) is 0 Å². The van der Waals surface area contributed by atoms with Crippen molar-refractivity contribution in [3.05, 3.63) is 28.5 Å². The maximum atomic E-state index is 13.4.